The highest BCUT2D eigenvalue weighted by molar-refractivity contribution is 5.68. The van der Waals surface area contributed by atoms with Gasteiger partial charge in [0.1, 0.15) is 24.1 Å². The number of nitrogens with zero attached hydrogens (tertiary/aromatic N) is 6. The van der Waals surface area contributed by atoms with Gasteiger partial charge in [0.2, 0.25) is 5.95 Å². The van der Waals surface area contributed by atoms with E-state index in [0.717, 1.165) is 18.5 Å². The Labute approximate surface area is 192 Å². The topological polar surface area (TPSA) is 82.1 Å². The number of alkyl halides is 1. The standard InChI is InChI=1S/C25H26FN7/c1-17(19-8-6-18(7-9-19)10-12-32(2)3)30-25-29-15-21(14-27)23(31-25)22-16-28-24-20(13-26)5-4-11-33(22)24/h4-9,11,15-17H,10,12-13H2,1-3H3,(H,29,30,31)/t17-/m0/s1. The van der Waals surface area contributed by atoms with E-state index < -0.39 is 6.67 Å². The summed E-state index contributed by atoms with van der Waals surface area (Å²) in [6.07, 6.45) is 5.89. The molecule has 4 aromatic rings. The fraction of sp³-hybridized carbons (Fsp3) is 0.280. The Bertz CT molecular complexity index is 1290. The first kappa shape index (κ1) is 22.4. The van der Waals surface area contributed by atoms with Crippen molar-refractivity contribution in [3.63, 3.8) is 0 Å². The molecule has 0 aliphatic carbocycles. The fourth-order valence-corrected chi connectivity index (χ4v) is 3.68. The van der Waals surface area contributed by atoms with Gasteiger partial charge in [-0.3, -0.25) is 4.40 Å². The Morgan fingerprint density at radius 3 is 2.64 bits per heavy atom. The number of imidazole rings is 1. The Hall–Kier alpha value is -3.83. The number of nitriles is 1. The molecule has 0 fully saturated rings. The Morgan fingerprint density at radius 2 is 1.94 bits per heavy atom. The van der Waals surface area contributed by atoms with Crippen LogP contribution in [-0.4, -0.2) is 44.9 Å². The summed E-state index contributed by atoms with van der Waals surface area (Å²) in [4.78, 5) is 15.5. The maximum atomic E-state index is 13.3. The van der Waals surface area contributed by atoms with Gasteiger partial charge < -0.3 is 10.2 Å². The molecule has 1 aromatic carbocycles. The van der Waals surface area contributed by atoms with Crippen molar-refractivity contribution in [1.82, 2.24) is 24.3 Å². The van der Waals surface area contributed by atoms with Crippen LogP contribution in [-0.2, 0) is 13.1 Å². The van der Waals surface area contributed by atoms with Crippen LogP contribution >= 0.6 is 0 Å². The molecule has 0 amide bonds. The third-order valence-corrected chi connectivity index (χ3v) is 5.59. The second kappa shape index (κ2) is 9.76. The molecule has 4 rings (SSSR count). The van der Waals surface area contributed by atoms with Gasteiger partial charge in [-0.25, -0.2) is 19.3 Å². The van der Waals surface area contributed by atoms with E-state index in [1.165, 1.54) is 11.8 Å². The minimum absolute atomic E-state index is 0.0333. The minimum atomic E-state index is -0.617. The third kappa shape index (κ3) is 4.83. The number of fused-ring (bicyclic) bond motifs is 1. The molecule has 0 unspecified atom stereocenters. The van der Waals surface area contributed by atoms with Crippen LogP contribution in [0, 0.1) is 11.3 Å². The van der Waals surface area contributed by atoms with Gasteiger partial charge in [-0.2, -0.15) is 5.26 Å². The lowest BCUT2D eigenvalue weighted by Gasteiger charge is -2.16. The molecular formula is C25H26FN7. The van der Waals surface area contributed by atoms with Gasteiger partial charge in [0, 0.05) is 18.3 Å². The van der Waals surface area contributed by atoms with Crippen LogP contribution in [0.3, 0.4) is 0 Å². The van der Waals surface area contributed by atoms with Crippen LogP contribution in [0.25, 0.3) is 17.0 Å². The van der Waals surface area contributed by atoms with Crippen LogP contribution in [0.15, 0.2) is 55.0 Å². The van der Waals surface area contributed by atoms with Crippen molar-refractivity contribution in [3.8, 4) is 17.5 Å². The van der Waals surface area contributed by atoms with Crippen LogP contribution in [0.2, 0.25) is 0 Å². The van der Waals surface area contributed by atoms with E-state index in [1.807, 2.05) is 6.92 Å². The molecule has 33 heavy (non-hydrogen) atoms. The number of hydrogen-bond acceptors (Lipinski definition) is 6. The zero-order valence-electron chi connectivity index (χ0n) is 19.0. The van der Waals surface area contributed by atoms with Gasteiger partial charge in [-0.15, -0.1) is 0 Å². The van der Waals surface area contributed by atoms with E-state index in [4.69, 9.17) is 0 Å². The number of aromatic nitrogens is 4. The number of pyridine rings is 1. The summed E-state index contributed by atoms with van der Waals surface area (Å²) in [6, 6.07) is 14.1. The van der Waals surface area contributed by atoms with Crippen LogP contribution in [0.5, 0.6) is 0 Å². The quantitative estimate of drug-likeness (QED) is 0.434. The second-order valence-corrected chi connectivity index (χ2v) is 8.23. The van der Waals surface area contributed by atoms with Crippen molar-refractivity contribution in [3.05, 3.63) is 77.2 Å². The summed E-state index contributed by atoms with van der Waals surface area (Å²) in [5, 5.41) is 12.9. The number of hydrogen-bond donors (Lipinski definition) is 1. The maximum Gasteiger partial charge on any atom is 0.223 e. The molecule has 0 aliphatic heterocycles. The number of benzene rings is 1. The van der Waals surface area contributed by atoms with E-state index >= 15 is 0 Å². The zero-order valence-corrected chi connectivity index (χ0v) is 19.0. The van der Waals surface area contributed by atoms with Crippen molar-refractivity contribution >= 4 is 11.6 Å². The molecule has 8 heteroatoms. The van der Waals surface area contributed by atoms with Crippen LogP contribution < -0.4 is 5.32 Å². The average molecular weight is 444 g/mol. The Balaban J connectivity index is 1.59. The summed E-state index contributed by atoms with van der Waals surface area (Å²) < 4.78 is 15.1. The first-order chi connectivity index (χ1) is 16.0. The number of anilines is 1. The molecule has 0 radical (unpaired) electrons. The highest BCUT2D eigenvalue weighted by Gasteiger charge is 2.16. The lowest BCUT2D eigenvalue weighted by Crippen LogP contribution is -2.15. The number of likely N-dealkylation sites (N-methyl/N-ethyl adjacent to an activating group) is 1. The molecule has 0 bridgehead atoms. The third-order valence-electron chi connectivity index (χ3n) is 5.59. The van der Waals surface area contributed by atoms with Crippen molar-refractivity contribution in [2.75, 3.05) is 26.0 Å². The normalized spacial score (nSPS) is 12.1. The predicted octanol–water partition coefficient (Wildman–Crippen LogP) is 4.41. The van der Waals surface area contributed by atoms with Crippen molar-refractivity contribution in [1.29, 1.82) is 5.26 Å². The van der Waals surface area contributed by atoms with Crippen molar-refractivity contribution in [2.45, 2.75) is 26.1 Å². The van der Waals surface area contributed by atoms with Gasteiger partial charge >= 0.3 is 0 Å². The molecule has 3 aromatic heterocycles. The van der Waals surface area contributed by atoms with Crippen LogP contribution in [0.1, 0.15) is 35.2 Å². The molecule has 0 spiro atoms. The van der Waals surface area contributed by atoms with Crippen molar-refractivity contribution < 1.29 is 4.39 Å². The van der Waals surface area contributed by atoms with Crippen LogP contribution in [0.4, 0.5) is 10.3 Å². The van der Waals surface area contributed by atoms with E-state index in [-0.39, 0.29) is 6.04 Å². The van der Waals surface area contributed by atoms with E-state index in [1.54, 1.807) is 28.9 Å². The molecule has 1 N–H and O–H groups in total. The molecular weight excluding hydrogens is 417 g/mol. The summed E-state index contributed by atoms with van der Waals surface area (Å²) in [6.45, 7) is 2.43. The highest BCUT2D eigenvalue weighted by atomic mass is 19.1. The monoisotopic (exact) mass is 443 g/mol. The largest absolute Gasteiger partial charge is 0.348 e. The number of nitrogens with one attached hydrogen (secondary N) is 1. The fourth-order valence-electron chi connectivity index (χ4n) is 3.68. The molecule has 0 aliphatic rings. The van der Waals surface area contributed by atoms with E-state index in [2.05, 4.69) is 69.6 Å². The summed E-state index contributed by atoms with van der Waals surface area (Å²) >= 11 is 0. The lowest BCUT2D eigenvalue weighted by atomic mass is 10.0. The zero-order chi connectivity index (χ0) is 23.4. The SMILES string of the molecule is C[C@H](Nc1ncc(C#N)c(-c2cnc3c(CF)cccn23)n1)c1ccc(CCN(C)C)cc1. The second-order valence-electron chi connectivity index (χ2n) is 8.23. The predicted molar refractivity (Wildman–Crippen MR) is 126 cm³/mol. The van der Waals surface area contributed by atoms with Gasteiger partial charge in [-0.05, 0) is 44.6 Å². The summed E-state index contributed by atoms with van der Waals surface area (Å²) in [7, 11) is 4.14. The number of rotatable bonds is 8. The van der Waals surface area contributed by atoms with Gasteiger partial charge in [0.15, 0.2) is 0 Å². The molecule has 0 saturated heterocycles. The van der Waals surface area contributed by atoms with Gasteiger partial charge in [-0.1, -0.05) is 30.3 Å². The number of halogens is 1. The Morgan fingerprint density at radius 1 is 1.15 bits per heavy atom. The minimum Gasteiger partial charge on any atom is -0.348 e. The smallest absolute Gasteiger partial charge is 0.223 e. The molecule has 3 heterocycles. The average Bonchev–Trinajstić information content (AvgIpc) is 3.27. The first-order valence-electron chi connectivity index (χ1n) is 10.8. The van der Waals surface area contributed by atoms with Gasteiger partial charge in [0.25, 0.3) is 0 Å². The molecule has 1 atom stereocenters. The Kier molecular flexibility index (Phi) is 6.61. The van der Waals surface area contributed by atoms with Gasteiger partial charge in [0.05, 0.1) is 29.7 Å². The first-order valence-corrected chi connectivity index (χ1v) is 10.8. The maximum absolute atomic E-state index is 13.3. The lowest BCUT2D eigenvalue weighted by molar-refractivity contribution is 0.413. The van der Waals surface area contributed by atoms with Crippen molar-refractivity contribution in [2.24, 2.45) is 0 Å². The molecule has 7 nitrogen and oxygen atoms in total. The summed E-state index contributed by atoms with van der Waals surface area (Å²) in [5.41, 5.74) is 4.78. The van der Waals surface area contributed by atoms with E-state index in [0.29, 0.717) is 34.1 Å². The molecule has 0 saturated carbocycles. The molecule has 168 valence electrons. The summed E-state index contributed by atoms with van der Waals surface area (Å²) in [5.74, 6) is 0.407. The highest BCUT2D eigenvalue weighted by Crippen LogP contribution is 2.26. The van der Waals surface area contributed by atoms with E-state index in [9.17, 15) is 9.65 Å².